The van der Waals surface area contributed by atoms with E-state index < -0.39 is 0 Å². The molecule has 1 aromatic carbocycles. The molecule has 0 heterocycles. The summed E-state index contributed by atoms with van der Waals surface area (Å²) in [5.41, 5.74) is 3.41. The predicted octanol–water partition coefficient (Wildman–Crippen LogP) is 1.36. The van der Waals surface area contributed by atoms with Crippen LogP contribution in [0.15, 0.2) is 18.2 Å². The van der Waals surface area contributed by atoms with Crippen molar-refractivity contribution >= 4 is 5.91 Å². The molecule has 0 fully saturated rings. The third-order valence-corrected chi connectivity index (χ3v) is 3.15. The molecule has 0 saturated carbocycles. The Morgan fingerprint density at radius 3 is 2.68 bits per heavy atom. The SMILES string of the molecule is COCC(CCO)NC(=O)Cc1ccc(C)c(C)c1. The number of carbonyl (C=O) groups is 1. The van der Waals surface area contributed by atoms with Crippen molar-refractivity contribution in [2.75, 3.05) is 20.3 Å². The van der Waals surface area contributed by atoms with Gasteiger partial charge >= 0.3 is 0 Å². The van der Waals surface area contributed by atoms with Gasteiger partial charge in [0.05, 0.1) is 19.1 Å². The van der Waals surface area contributed by atoms with Crippen molar-refractivity contribution in [2.45, 2.75) is 32.7 Å². The third-order valence-electron chi connectivity index (χ3n) is 3.15. The Kier molecular flexibility index (Phi) is 6.53. The lowest BCUT2D eigenvalue weighted by Crippen LogP contribution is -2.39. The summed E-state index contributed by atoms with van der Waals surface area (Å²) in [5.74, 6) is -0.0428. The molecule has 4 nitrogen and oxygen atoms in total. The lowest BCUT2D eigenvalue weighted by Gasteiger charge is -2.17. The van der Waals surface area contributed by atoms with Crippen molar-refractivity contribution in [3.63, 3.8) is 0 Å². The van der Waals surface area contributed by atoms with Crippen LogP contribution >= 0.6 is 0 Å². The van der Waals surface area contributed by atoms with Crippen LogP contribution < -0.4 is 5.32 Å². The minimum atomic E-state index is -0.131. The molecule has 19 heavy (non-hydrogen) atoms. The quantitative estimate of drug-likeness (QED) is 0.782. The van der Waals surface area contributed by atoms with E-state index in [2.05, 4.69) is 12.2 Å². The molecule has 0 bridgehead atoms. The van der Waals surface area contributed by atoms with Crippen LogP contribution in [0.1, 0.15) is 23.1 Å². The number of ether oxygens (including phenoxy) is 1. The minimum Gasteiger partial charge on any atom is -0.396 e. The smallest absolute Gasteiger partial charge is 0.224 e. The van der Waals surface area contributed by atoms with Gasteiger partial charge < -0.3 is 15.2 Å². The molecule has 1 aromatic rings. The van der Waals surface area contributed by atoms with E-state index in [4.69, 9.17) is 9.84 Å². The number of aryl methyl sites for hydroxylation is 2. The van der Waals surface area contributed by atoms with E-state index in [0.717, 1.165) is 5.56 Å². The van der Waals surface area contributed by atoms with E-state index in [9.17, 15) is 4.79 Å². The summed E-state index contributed by atoms with van der Waals surface area (Å²) in [6.45, 7) is 4.54. The maximum Gasteiger partial charge on any atom is 0.224 e. The summed E-state index contributed by atoms with van der Waals surface area (Å²) in [6.07, 6.45) is 0.860. The molecule has 0 saturated heterocycles. The van der Waals surface area contributed by atoms with Gasteiger partial charge in [0, 0.05) is 13.7 Å². The lowest BCUT2D eigenvalue weighted by atomic mass is 10.0. The van der Waals surface area contributed by atoms with E-state index in [1.165, 1.54) is 11.1 Å². The zero-order valence-corrected chi connectivity index (χ0v) is 11.9. The van der Waals surface area contributed by atoms with Gasteiger partial charge in [0.15, 0.2) is 0 Å². The summed E-state index contributed by atoms with van der Waals surface area (Å²) in [7, 11) is 1.58. The highest BCUT2D eigenvalue weighted by atomic mass is 16.5. The normalized spacial score (nSPS) is 12.2. The molecule has 0 radical (unpaired) electrons. The molecule has 0 aliphatic rings. The van der Waals surface area contributed by atoms with Crippen molar-refractivity contribution in [1.29, 1.82) is 0 Å². The second-order valence-corrected chi connectivity index (χ2v) is 4.83. The van der Waals surface area contributed by atoms with Crippen LogP contribution in [-0.4, -0.2) is 37.4 Å². The molecule has 4 heteroatoms. The van der Waals surface area contributed by atoms with Crippen LogP contribution in [0.5, 0.6) is 0 Å². The minimum absolute atomic E-state index is 0.0396. The average Bonchev–Trinajstić information content (AvgIpc) is 2.34. The van der Waals surface area contributed by atoms with Gasteiger partial charge in [0.25, 0.3) is 0 Å². The number of aliphatic hydroxyl groups excluding tert-OH is 1. The standard InChI is InChI=1S/C15H23NO3/c1-11-4-5-13(8-12(11)2)9-15(18)16-14(6-7-17)10-19-3/h4-5,8,14,17H,6-7,9-10H2,1-3H3,(H,16,18). The number of hydrogen-bond donors (Lipinski definition) is 2. The van der Waals surface area contributed by atoms with Gasteiger partial charge in [-0.25, -0.2) is 0 Å². The number of aliphatic hydroxyl groups is 1. The summed E-state index contributed by atoms with van der Waals surface area (Å²) in [6, 6.07) is 5.90. The molecular formula is C15H23NO3. The van der Waals surface area contributed by atoms with Gasteiger partial charge in [-0.3, -0.25) is 4.79 Å². The first kappa shape index (κ1) is 15.7. The van der Waals surface area contributed by atoms with Crippen molar-refractivity contribution in [1.82, 2.24) is 5.32 Å². The van der Waals surface area contributed by atoms with Crippen molar-refractivity contribution < 1.29 is 14.6 Å². The fourth-order valence-corrected chi connectivity index (χ4v) is 1.93. The summed E-state index contributed by atoms with van der Waals surface area (Å²) < 4.78 is 5.02. The molecule has 2 N–H and O–H groups in total. The van der Waals surface area contributed by atoms with Crippen molar-refractivity contribution in [2.24, 2.45) is 0 Å². The Morgan fingerprint density at radius 1 is 1.37 bits per heavy atom. The maximum atomic E-state index is 11.9. The second-order valence-electron chi connectivity index (χ2n) is 4.83. The summed E-state index contributed by atoms with van der Waals surface area (Å²) >= 11 is 0. The number of carbonyl (C=O) groups excluding carboxylic acids is 1. The van der Waals surface area contributed by atoms with Crippen molar-refractivity contribution in [3.8, 4) is 0 Å². The molecular weight excluding hydrogens is 242 g/mol. The van der Waals surface area contributed by atoms with Crippen LogP contribution in [0.25, 0.3) is 0 Å². The summed E-state index contributed by atoms with van der Waals surface area (Å²) in [5, 5.41) is 11.8. The van der Waals surface area contributed by atoms with Crippen LogP contribution in [-0.2, 0) is 16.0 Å². The van der Waals surface area contributed by atoms with Gasteiger partial charge in [0.1, 0.15) is 0 Å². The Morgan fingerprint density at radius 2 is 2.11 bits per heavy atom. The Bertz CT molecular complexity index is 412. The van der Waals surface area contributed by atoms with Gasteiger partial charge in [-0.15, -0.1) is 0 Å². The van der Waals surface area contributed by atoms with Crippen LogP contribution in [0.2, 0.25) is 0 Å². The van der Waals surface area contributed by atoms with Crippen molar-refractivity contribution in [3.05, 3.63) is 34.9 Å². The van der Waals surface area contributed by atoms with E-state index in [0.29, 0.717) is 19.4 Å². The number of nitrogens with one attached hydrogen (secondary N) is 1. The zero-order valence-electron chi connectivity index (χ0n) is 11.9. The molecule has 106 valence electrons. The first-order valence-electron chi connectivity index (χ1n) is 6.52. The number of benzene rings is 1. The highest BCUT2D eigenvalue weighted by Gasteiger charge is 2.12. The molecule has 0 aromatic heterocycles. The lowest BCUT2D eigenvalue weighted by molar-refractivity contribution is -0.121. The first-order valence-corrected chi connectivity index (χ1v) is 6.52. The Balaban J connectivity index is 2.55. The second kappa shape index (κ2) is 7.92. The van der Waals surface area contributed by atoms with Crippen LogP contribution in [0, 0.1) is 13.8 Å². The van der Waals surface area contributed by atoms with Gasteiger partial charge in [0.2, 0.25) is 5.91 Å². The van der Waals surface area contributed by atoms with Crippen LogP contribution in [0.3, 0.4) is 0 Å². The Labute approximate surface area is 114 Å². The third kappa shape index (κ3) is 5.41. The molecule has 1 atom stereocenters. The fraction of sp³-hybridized carbons (Fsp3) is 0.533. The predicted molar refractivity (Wildman–Crippen MR) is 75.1 cm³/mol. The van der Waals surface area contributed by atoms with Gasteiger partial charge in [-0.05, 0) is 37.0 Å². The fourth-order valence-electron chi connectivity index (χ4n) is 1.93. The maximum absolute atomic E-state index is 11.9. The molecule has 0 aliphatic carbocycles. The van der Waals surface area contributed by atoms with Crippen LogP contribution in [0.4, 0.5) is 0 Å². The highest BCUT2D eigenvalue weighted by Crippen LogP contribution is 2.10. The van der Waals surface area contributed by atoms with Gasteiger partial charge in [-0.2, -0.15) is 0 Å². The molecule has 0 aliphatic heterocycles. The monoisotopic (exact) mass is 265 g/mol. The molecule has 1 unspecified atom stereocenters. The molecule has 1 amide bonds. The first-order chi connectivity index (χ1) is 9.06. The van der Waals surface area contributed by atoms with Gasteiger partial charge in [-0.1, -0.05) is 18.2 Å². The van der Waals surface area contributed by atoms with E-state index in [-0.39, 0.29) is 18.6 Å². The van der Waals surface area contributed by atoms with E-state index in [1.54, 1.807) is 7.11 Å². The topological polar surface area (TPSA) is 58.6 Å². The number of rotatable bonds is 7. The highest BCUT2D eigenvalue weighted by molar-refractivity contribution is 5.78. The molecule has 1 rings (SSSR count). The zero-order chi connectivity index (χ0) is 14.3. The summed E-state index contributed by atoms with van der Waals surface area (Å²) in [4.78, 5) is 11.9. The largest absolute Gasteiger partial charge is 0.396 e. The number of hydrogen-bond acceptors (Lipinski definition) is 3. The number of methoxy groups -OCH3 is 1. The Hall–Kier alpha value is -1.39. The average molecular weight is 265 g/mol. The molecule has 0 spiro atoms. The van der Waals surface area contributed by atoms with E-state index in [1.807, 2.05) is 25.1 Å². The van der Waals surface area contributed by atoms with E-state index >= 15 is 0 Å². The number of amides is 1.